The minimum atomic E-state index is -2.07. The minimum absolute atomic E-state index is 0.559. The van der Waals surface area contributed by atoms with Gasteiger partial charge >= 0.3 is 0 Å². The summed E-state index contributed by atoms with van der Waals surface area (Å²) in [5.74, 6) is 1.83. The molecule has 0 saturated carbocycles. The summed E-state index contributed by atoms with van der Waals surface area (Å²) in [6.45, 7) is 6.80. The van der Waals surface area contributed by atoms with Gasteiger partial charge in [0.05, 0.1) is 0 Å². The normalized spacial score (nSPS) is 13.3. The highest BCUT2D eigenvalue weighted by atomic mass is 28.3. The van der Waals surface area contributed by atoms with E-state index in [-0.39, 0.29) is 0 Å². The molecule has 0 atom stereocenters. The first-order valence-electron chi connectivity index (χ1n) is 13.5. The Morgan fingerprint density at radius 1 is 0.513 bits per heavy atom. The van der Waals surface area contributed by atoms with Crippen LogP contribution in [0.1, 0.15) is 16.7 Å². The lowest BCUT2D eigenvalue weighted by Crippen LogP contribution is -2.59. The number of hydrogen-bond acceptors (Lipinski definition) is 3. The molecule has 5 aromatic rings. The topological polar surface area (TPSA) is 21.7 Å². The van der Waals surface area contributed by atoms with Crippen molar-refractivity contribution in [3.05, 3.63) is 144 Å². The summed E-state index contributed by atoms with van der Waals surface area (Å²) in [5.41, 5.74) is 6.16. The zero-order valence-electron chi connectivity index (χ0n) is 22.5. The quantitative estimate of drug-likeness (QED) is 0.197. The van der Waals surface area contributed by atoms with Gasteiger partial charge in [-0.1, -0.05) is 99.1 Å². The zero-order valence-corrected chi connectivity index (χ0v) is 23.5. The van der Waals surface area contributed by atoms with Gasteiger partial charge in [0, 0.05) is 17.9 Å². The van der Waals surface area contributed by atoms with Crippen LogP contribution in [0, 0.1) is 0 Å². The van der Waals surface area contributed by atoms with Gasteiger partial charge in [0.1, 0.15) is 24.7 Å². The van der Waals surface area contributed by atoms with E-state index in [1.165, 1.54) is 38.4 Å². The summed E-state index contributed by atoms with van der Waals surface area (Å²) in [6.07, 6.45) is 0. The van der Waals surface area contributed by atoms with Crippen LogP contribution in [0.2, 0.25) is 13.1 Å². The number of ether oxygens (including phenoxy) is 2. The van der Waals surface area contributed by atoms with Crippen molar-refractivity contribution < 1.29 is 9.47 Å². The van der Waals surface area contributed by atoms with Crippen LogP contribution in [0.15, 0.2) is 127 Å². The van der Waals surface area contributed by atoms with Crippen molar-refractivity contribution in [2.75, 3.05) is 4.90 Å². The summed E-state index contributed by atoms with van der Waals surface area (Å²) in [6, 6.07) is 44.7. The summed E-state index contributed by atoms with van der Waals surface area (Å²) in [7, 11) is -2.07. The highest BCUT2D eigenvalue weighted by Gasteiger charge is 2.29. The third kappa shape index (κ3) is 5.34. The van der Waals surface area contributed by atoms with Gasteiger partial charge < -0.3 is 14.4 Å². The Morgan fingerprint density at radius 2 is 0.923 bits per heavy atom. The van der Waals surface area contributed by atoms with Crippen molar-refractivity contribution in [1.29, 1.82) is 0 Å². The maximum Gasteiger partial charge on any atom is 0.117 e. The molecule has 0 amide bonds. The van der Waals surface area contributed by atoms with Crippen LogP contribution in [-0.2, 0) is 19.8 Å². The highest BCUT2D eigenvalue weighted by molar-refractivity contribution is 7.02. The van der Waals surface area contributed by atoms with Gasteiger partial charge in [0.25, 0.3) is 0 Å². The molecule has 4 heteroatoms. The summed E-state index contributed by atoms with van der Waals surface area (Å²) >= 11 is 0. The van der Waals surface area contributed by atoms with Crippen LogP contribution in [0.4, 0.5) is 11.4 Å². The average Bonchev–Trinajstić information content (AvgIpc) is 2.99. The van der Waals surface area contributed by atoms with Gasteiger partial charge in [-0.25, -0.2) is 0 Å². The van der Waals surface area contributed by atoms with E-state index in [9.17, 15) is 0 Å². The van der Waals surface area contributed by atoms with Gasteiger partial charge in [-0.05, 0) is 53.1 Å². The average molecular weight is 528 g/mol. The van der Waals surface area contributed by atoms with Gasteiger partial charge in [-0.2, -0.15) is 23.5 Å². The summed E-state index contributed by atoms with van der Waals surface area (Å²) in [4.78, 5) is 2.46. The van der Waals surface area contributed by atoms with Crippen LogP contribution in [0.5, 0.6) is 11.5 Å². The second-order valence-corrected chi connectivity index (χ2v) is 14.9. The van der Waals surface area contributed by atoms with E-state index in [0.717, 1.165) is 18.0 Å². The molecule has 39 heavy (non-hydrogen) atoms. The van der Waals surface area contributed by atoms with Crippen molar-refractivity contribution in [3.8, 4) is 11.5 Å². The molecule has 0 fully saturated rings. The second kappa shape index (κ2) is 10.8. The molecule has 5 aromatic carbocycles. The first kappa shape index (κ1) is 25.0. The fourth-order valence-electron chi connectivity index (χ4n) is 5.37. The lowest BCUT2D eigenvalue weighted by molar-refractivity contribution is 0.306. The predicted octanol–water partition coefficient (Wildman–Crippen LogP) is 7.32. The van der Waals surface area contributed by atoms with Crippen LogP contribution >= 0.6 is 0 Å². The third-order valence-corrected chi connectivity index (χ3v) is 11.0. The molecule has 0 spiro atoms. The Bertz CT molecular complexity index is 1460. The van der Waals surface area contributed by atoms with E-state index >= 15 is 0 Å². The lowest BCUT2D eigenvalue weighted by atomic mass is 10.1. The maximum atomic E-state index is 6.28. The van der Waals surface area contributed by atoms with E-state index < -0.39 is 8.07 Å². The fraction of sp³-hybridized carbons (Fsp3) is 0.143. The van der Waals surface area contributed by atoms with Gasteiger partial charge in [-0.3, -0.25) is 0 Å². The summed E-state index contributed by atoms with van der Waals surface area (Å²) in [5, 5.41) is 2.77. The van der Waals surface area contributed by atoms with Crippen LogP contribution < -0.4 is 24.7 Å². The van der Waals surface area contributed by atoms with Crippen molar-refractivity contribution in [1.82, 2.24) is 0 Å². The SMILES string of the molecule is C[Si-]1(C)c2cc(OCc3ccccc3)ccc2N(Cc2ccccc2)c2ccc(OCc3ccccc3)cc21. The Morgan fingerprint density at radius 3 is 1.36 bits per heavy atom. The first-order valence-corrected chi connectivity index (χ1v) is 16.5. The number of benzene rings is 5. The number of nitrogens with zero attached hydrogens (tertiary/aromatic N) is 1. The molecule has 0 N–H and O–H groups in total. The molecule has 1 aliphatic heterocycles. The Labute approximate surface area is 232 Å². The second-order valence-electron chi connectivity index (χ2n) is 10.6. The van der Waals surface area contributed by atoms with Crippen LogP contribution in [0.25, 0.3) is 0 Å². The molecule has 195 valence electrons. The molecule has 0 aliphatic carbocycles. The van der Waals surface area contributed by atoms with E-state index in [1.807, 2.05) is 12.1 Å². The minimum Gasteiger partial charge on any atom is -0.489 e. The number of anilines is 2. The van der Waals surface area contributed by atoms with Crippen molar-refractivity contribution >= 4 is 29.8 Å². The van der Waals surface area contributed by atoms with E-state index in [2.05, 4.69) is 133 Å². The smallest absolute Gasteiger partial charge is 0.117 e. The number of rotatable bonds is 8. The van der Waals surface area contributed by atoms with Crippen LogP contribution in [0.3, 0.4) is 0 Å². The van der Waals surface area contributed by atoms with Crippen molar-refractivity contribution in [3.63, 3.8) is 0 Å². The first-order chi connectivity index (χ1) is 19.1. The van der Waals surface area contributed by atoms with E-state index in [1.54, 1.807) is 0 Å². The Hall–Kier alpha value is -4.28. The molecule has 1 aliphatic rings. The summed E-state index contributed by atoms with van der Waals surface area (Å²) < 4.78 is 12.6. The molecule has 0 bridgehead atoms. The van der Waals surface area contributed by atoms with E-state index in [4.69, 9.17) is 9.47 Å². The molecule has 6 rings (SSSR count). The standard InChI is InChI=1S/C35H33NO2Si/c1-39(2)34-22-30(37-25-28-14-8-4-9-15-28)18-20-32(34)36(24-27-12-6-3-7-13-27)33-21-19-31(23-35(33)39)38-26-29-16-10-5-11-17-29/h3-23H,24-26H2,1-2H3/q-1. The molecule has 0 saturated heterocycles. The zero-order chi connectivity index (χ0) is 26.7. The molecular formula is C35H33NO2Si-. The van der Waals surface area contributed by atoms with Gasteiger partial charge in [-0.15, -0.1) is 0 Å². The maximum absolute atomic E-state index is 6.28. The van der Waals surface area contributed by atoms with Crippen molar-refractivity contribution in [2.45, 2.75) is 32.9 Å². The molecular weight excluding hydrogens is 494 g/mol. The van der Waals surface area contributed by atoms with E-state index in [0.29, 0.717) is 13.2 Å². The fourth-order valence-corrected chi connectivity index (χ4v) is 8.39. The molecule has 0 unspecified atom stereocenters. The third-order valence-electron chi connectivity index (χ3n) is 7.54. The van der Waals surface area contributed by atoms with Gasteiger partial charge in [0.2, 0.25) is 0 Å². The van der Waals surface area contributed by atoms with Gasteiger partial charge in [0.15, 0.2) is 0 Å². The molecule has 1 heterocycles. The lowest BCUT2D eigenvalue weighted by Gasteiger charge is -2.49. The largest absolute Gasteiger partial charge is 0.489 e. The van der Waals surface area contributed by atoms with Crippen LogP contribution in [-0.4, -0.2) is 8.07 Å². The monoisotopic (exact) mass is 527 g/mol. The number of hydrogen-bond donors (Lipinski definition) is 0. The van der Waals surface area contributed by atoms with Crippen molar-refractivity contribution in [2.24, 2.45) is 0 Å². The Balaban J connectivity index is 1.36. The molecule has 0 radical (unpaired) electrons. The Kier molecular flexibility index (Phi) is 6.95. The number of fused-ring (bicyclic) bond motifs is 2. The predicted molar refractivity (Wildman–Crippen MR) is 163 cm³/mol. The highest BCUT2D eigenvalue weighted by Crippen LogP contribution is 2.36. The molecule has 0 aromatic heterocycles. The molecule has 3 nitrogen and oxygen atoms in total.